The molecule has 0 aromatic rings. The van der Waals surface area contributed by atoms with Crippen molar-refractivity contribution < 1.29 is 4.79 Å². The third kappa shape index (κ3) is 2.15. The zero-order valence-corrected chi connectivity index (χ0v) is 14.2. The Labute approximate surface area is 129 Å². The van der Waals surface area contributed by atoms with Gasteiger partial charge in [0.05, 0.1) is 0 Å². The molecule has 0 aliphatic heterocycles. The van der Waals surface area contributed by atoms with Crippen LogP contribution in [0, 0.1) is 28.6 Å². The summed E-state index contributed by atoms with van der Waals surface area (Å²) in [5.74, 6) is 2.47. The van der Waals surface area contributed by atoms with Crippen LogP contribution < -0.4 is 0 Å². The summed E-state index contributed by atoms with van der Waals surface area (Å²) in [6.45, 7) is 13.2. The van der Waals surface area contributed by atoms with Crippen LogP contribution in [0.3, 0.4) is 0 Å². The molecule has 3 aliphatic rings. The number of carbonyl (C=O) groups excluding carboxylic acids is 1. The van der Waals surface area contributed by atoms with Gasteiger partial charge in [-0.2, -0.15) is 0 Å². The zero-order valence-electron chi connectivity index (χ0n) is 14.2. The average Bonchev–Trinajstić information content (AvgIpc) is 2.75. The number of fused-ring (bicyclic) bond motifs is 3. The Morgan fingerprint density at radius 3 is 2.57 bits per heavy atom. The van der Waals surface area contributed by atoms with E-state index in [1.165, 1.54) is 31.3 Å². The van der Waals surface area contributed by atoms with Gasteiger partial charge in [0.15, 0.2) is 5.78 Å². The van der Waals surface area contributed by atoms with Crippen molar-refractivity contribution in [3.8, 4) is 0 Å². The van der Waals surface area contributed by atoms with Crippen LogP contribution in [0.4, 0.5) is 0 Å². The fraction of sp³-hybridized carbons (Fsp3) is 0.750. The summed E-state index contributed by atoms with van der Waals surface area (Å²) in [5.41, 5.74) is 3.29. The van der Waals surface area contributed by atoms with E-state index >= 15 is 0 Å². The van der Waals surface area contributed by atoms with Crippen LogP contribution in [-0.4, -0.2) is 5.78 Å². The van der Waals surface area contributed by atoms with E-state index in [9.17, 15) is 4.79 Å². The molecule has 0 radical (unpaired) electrons. The van der Waals surface area contributed by atoms with Crippen molar-refractivity contribution in [1.82, 2.24) is 0 Å². The molecule has 0 aromatic heterocycles. The van der Waals surface area contributed by atoms with Crippen LogP contribution in [0.25, 0.3) is 0 Å². The minimum atomic E-state index is 0.289. The molecular formula is C20H30O. The van der Waals surface area contributed by atoms with Crippen molar-refractivity contribution in [2.24, 2.45) is 28.6 Å². The number of hydrogen-bond acceptors (Lipinski definition) is 1. The molecule has 0 saturated heterocycles. The minimum Gasteiger partial charge on any atom is -0.295 e. The van der Waals surface area contributed by atoms with E-state index in [1.54, 1.807) is 6.92 Å². The van der Waals surface area contributed by atoms with Crippen molar-refractivity contribution in [3.63, 3.8) is 0 Å². The van der Waals surface area contributed by atoms with Gasteiger partial charge in [-0.1, -0.05) is 32.1 Å². The second-order valence-electron chi connectivity index (χ2n) is 8.54. The molecular weight excluding hydrogens is 256 g/mol. The van der Waals surface area contributed by atoms with E-state index in [2.05, 4.69) is 33.4 Å². The normalized spacial score (nSPS) is 45.5. The van der Waals surface area contributed by atoms with E-state index in [0.717, 1.165) is 24.3 Å². The first-order valence-corrected chi connectivity index (χ1v) is 8.63. The molecule has 21 heavy (non-hydrogen) atoms. The van der Waals surface area contributed by atoms with E-state index in [4.69, 9.17) is 0 Å². The fourth-order valence-corrected chi connectivity index (χ4v) is 5.99. The van der Waals surface area contributed by atoms with Gasteiger partial charge in [-0.15, -0.1) is 0 Å². The lowest BCUT2D eigenvalue weighted by Crippen LogP contribution is -2.49. The summed E-state index contributed by atoms with van der Waals surface area (Å²) in [4.78, 5) is 11.9. The van der Waals surface area contributed by atoms with Crippen LogP contribution in [-0.2, 0) is 4.79 Å². The molecule has 3 aliphatic carbocycles. The highest BCUT2D eigenvalue weighted by Crippen LogP contribution is 2.66. The molecule has 0 aromatic carbocycles. The van der Waals surface area contributed by atoms with Crippen LogP contribution in [0.5, 0.6) is 0 Å². The molecule has 0 heterocycles. The van der Waals surface area contributed by atoms with Gasteiger partial charge in [0.1, 0.15) is 0 Å². The van der Waals surface area contributed by atoms with Crippen LogP contribution in [0.1, 0.15) is 66.2 Å². The first-order valence-electron chi connectivity index (χ1n) is 8.63. The van der Waals surface area contributed by atoms with Gasteiger partial charge in [0, 0.05) is 0 Å². The summed E-state index contributed by atoms with van der Waals surface area (Å²) in [6.07, 6.45) is 9.67. The van der Waals surface area contributed by atoms with Crippen LogP contribution in [0.2, 0.25) is 0 Å². The molecule has 1 heteroatoms. The first kappa shape index (κ1) is 15.1. The van der Waals surface area contributed by atoms with E-state index in [0.29, 0.717) is 22.7 Å². The van der Waals surface area contributed by atoms with Gasteiger partial charge < -0.3 is 0 Å². The van der Waals surface area contributed by atoms with Gasteiger partial charge in [0.2, 0.25) is 0 Å². The van der Waals surface area contributed by atoms with Crippen LogP contribution >= 0.6 is 0 Å². The average molecular weight is 286 g/mol. The Kier molecular flexibility index (Phi) is 3.46. The number of carbonyl (C=O) groups is 1. The topological polar surface area (TPSA) is 17.1 Å². The molecule has 0 spiro atoms. The maximum Gasteiger partial charge on any atom is 0.155 e. The maximum absolute atomic E-state index is 11.9. The highest BCUT2D eigenvalue weighted by molar-refractivity contribution is 5.93. The molecule has 0 N–H and O–H groups in total. The second kappa shape index (κ2) is 4.83. The van der Waals surface area contributed by atoms with Crippen molar-refractivity contribution in [2.75, 3.05) is 0 Å². The van der Waals surface area contributed by atoms with Gasteiger partial charge in [-0.3, -0.25) is 4.79 Å². The molecule has 2 fully saturated rings. The Morgan fingerprint density at radius 2 is 1.95 bits per heavy atom. The lowest BCUT2D eigenvalue weighted by Gasteiger charge is -2.56. The molecule has 0 bridgehead atoms. The lowest BCUT2D eigenvalue weighted by molar-refractivity contribution is -0.115. The van der Waals surface area contributed by atoms with E-state index in [-0.39, 0.29) is 5.78 Å². The highest BCUT2D eigenvalue weighted by atomic mass is 16.1. The molecule has 5 unspecified atom stereocenters. The molecule has 0 amide bonds. The SMILES string of the molecule is C=C(C)C1CCC2(C)C1CCC1(C)CC=C(C(C)=O)CC12. The number of hydrogen-bond donors (Lipinski definition) is 0. The highest BCUT2D eigenvalue weighted by Gasteiger charge is 2.58. The summed E-state index contributed by atoms with van der Waals surface area (Å²) in [5, 5.41) is 0. The quantitative estimate of drug-likeness (QED) is 0.628. The number of Topliss-reactive ketones (excluding diaryl/α,β-unsaturated/α-hetero) is 1. The minimum absolute atomic E-state index is 0.289. The first-order chi connectivity index (χ1) is 9.78. The fourth-order valence-electron chi connectivity index (χ4n) is 5.99. The Bertz CT molecular complexity index is 514. The molecule has 3 rings (SSSR count). The van der Waals surface area contributed by atoms with E-state index < -0.39 is 0 Å². The van der Waals surface area contributed by atoms with Gasteiger partial charge in [0.25, 0.3) is 0 Å². The van der Waals surface area contributed by atoms with Crippen molar-refractivity contribution >= 4 is 5.78 Å². The molecule has 1 nitrogen and oxygen atoms in total. The third-order valence-corrected chi connectivity index (χ3v) is 7.31. The third-order valence-electron chi connectivity index (χ3n) is 7.31. The monoisotopic (exact) mass is 286 g/mol. The Hall–Kier alpha value is -0.850. The van der Waals surface area contributed by atoms with Crippen molar-refractivity contribution in [1.29, 1.82) is 0 Å². The second-order valence-corrected chi connectivity index (χ2v) is 8.54. The number of allylic oxidation sites excluding steroid dienone is 3. The maximum atomic E-state index is 11.9. The molecule has 5 atom stereocenters. The number of rotatable bonds is 2. The predicted octanol–water partition coefficient (Wildman–Crippen LogP) is 5.32. The number of ketones is 1. The summed E-state index contributed by atoms with van der Waals surface area (Å²) < 4.78 is 0. The summed E-state index contributed by atoms with van der Waals surface area (Å²) in [6, 6.07) is 0. The molecule has 2 saturated carbocycles. The van der Waals surface area contributed by atoms with Crippen LogP contribution in [0.15, 0.2) is 23.8 Å². The van der Waals surface area contributed by atoms with Gasteiger partial charge in [-0.05, 0) is 86.5 Å². The van der Waals surface area contributed by atoms with Crippen molar-refractivity contribution in [2.45, 2.75) is 66.2 Å². The molecule has 116 valence electrons. The largest absolute Gasteiger partial charge is 0.295 e. The van der Waals surface area contributed by atoms with Gasteiger partial charge >= 0.3 is 0 Å². The summed E-state index contributed by atoms with van der Waals surface area (Å²) in [7, 11) is 0. The lowest BCUT2D eigenvalue weighted by atomic mass is 9.48. The summed E-state index contributed by atoms with van der Waals surface area (Å²) >= 11 is 0. The van der Waals surface area contributed by atoms with E-state index in [1.807, 2.05) is 0 Å². The van der Waals surface area contributed by atoms with Gasteiger partial charge in [-0.25, -0.2) is 0 Å². The predicted molar refractivity (Wildman–Crippen MR) is 88.0 cm³/mol. The Balaban J connectivity index is 1.95. The Morgan fingerprint density at radius 1 is 1.24 bits per heavy atom. The standard InChI is InChI=1S/C20H30O/c1-13(2)16-7-11-20(5)17(16)8-10-19(4)9-6-15(14(3)21)12-18(19)20/h6,16-18H,1,7-12H2,2-5H3. The smallest absolute Gasteiger partial charge is 0.155 e. The zero-order chi connectivity index (χ0) is 15.4. The van der Waals surface area contributed by atoms with Crippen molar-refractivity contribution in [3.05, 3.63) is 23.8 Å².